The number of hydrogen-bond acceptors (Lipinski definition) is 6. The molecular weight excluding hydrogens is 733 g/mol. The van der Waals surface area contributed by atoms with Crippen LogP contribution in [-0.2, 0) is 28.6 Å². The van der Waals surface area contributed by atoms with Crippen LogP contribution in [0.25, 0.3) is 0 Å². The molecule has 0 aromatic heterocycles. The molecule has 0 radical (unpaired) electrons. The van der Waals surface area contributed by atoms with Crippen LogP contribution in [0.1, 0.15) is 297 Å². The first-order valence-electron chi connectivity index (χ1n) is 26.4. The van der Waals surface area contributed by atoms with Crippen molar-refractivity contribution in [3.63, 3.8) is 0 Å². The van der Waals surface area contributed by atoms with Crippen molar-refractivity contribution in [2.45, 2.75) is 303 Å². The molecule has 0 aliphatic heterocycles. The van der Waals surface area contributed by atoms with E-state index in [2.05, 4.69) is 27.7 Å². The molecule has 0 bridgehead atoms. The molecule has 1 atom stereocenters. The highest BCUT2D eigenvalue weighted by Crippen LogP contribution is 2.17. The fraction of sp³-hybridized carbons (Fsp3) is 0.943. The molecule has 6 heteroatoms. The second-order valence-corrected chi connectivity index (χ2v) is 18.6. The minimum Gasteiger partial charge on any atom is -0.462 e. The Morgan fingerprint density at radius 2 is 0.559 bits per heavy atom. The number of unbranched alkanes of at least 4 members (excludes halogenated alkanes) is 35. The van der Waals surface area contributed by atoms with Gasteiger partial charge in [-0.25, -0.2) is 0 Å². The summed E-state index contributed by atoms with van der Waals surface area (Å²) >= 11 is 0. The van der Waals surface area contributed by atoms with Crippen molar-refractivity contribution in [1.82, 2.24) is 0 Å². The summed E-state index contributed by atoms with van der Waals surface area (Å²) in [6.07, 6.45) is 49.4. The van der Waals surface area contributed by atoms with Crippen LogP contribution < -0.4 is 0 Å². The standard InChI is InChI=1S/C53H102O6/c1-5-7-9-11-13-15-17-18-22-25-29-32-36-40-44-51(54)57-47-50(59-53(56)46-42-38-34-28-16-14-12-10-8-6-2)48-58-52(55)45-41-37-33-30-26-23-20-19-21-24-27-31-35-39-43-49(3)4/h49-50H,5-48H2,1-4H3/t50-/m0/s1. The number of rotatable bonds is 48. The molecule has 0 aliphatic carbocycles. The summed E-state index contributed by atoms with van der Waals surface area (Å²) in [7, 11) is 0. The normalized spacial score (nSPS) is 11.9. The summed E-state index contributed by atoms with van der Waals surface area (Å²) < 4.78 is 16.8. The molecule has 0 unspecified atom stereocenters. The van der Waals surface area contributed by atoms with Crippen molar-refractivity contribution in [3.05, 3.63) is 0 Å². The molecule has 0 aromatic carbocycles. The number of ether oxygens (including phenoxy) is 3. The molecule has 0 heterocycles. The number of carbonyl (C=O) groups excluding carboxylic acids is 3. The molecular formula is C53H102O6. The zero-order valence-electron chi connectivity index (χ0n) is 40.2. The SMILES string of the molecule is CCCCCCCCCCCCCCCCC(=O)OC[C@@H](COC(=O)CCCCCCCCCCCCCCCCC(C)C)OC(=O)CCCCCCCCCCCC. The van der Waals surface area contributed by atoms with Crippen LogP contribution in [0.15, 0.2) is 0 Å². The Morgan fingerprint density at radius 3 is 0.831 bits per heavy atom. The first-order valence-corrected chi connectivity index (χ1v) is 26.4. The second-order valence-electron chi connectivity index (χ2n) is 18.6. The first kappa shape index (κ1) is 57.4. The topological polar surface area (TPSA) is 78.9 Å². The van der Waals surface area contributed by atoms with Gasteiger partial charge < -0.3 is 14.2 Å². The highest BCUT2D eigenvalue weighted by Gasteiger charge is 2.19. The maximum absolute atomic E-state index is 12.7. The lowest BCUT2D eigenvalue weighted by atomic mass is 10.0. The highest BCUT2D eigenvalue weighted by atomic mass is 16.6. The monoisotopic (exact) mass is 835 g/mol. The number of esters is 3. The van der Waals surface area contributed by atoms with Crippen molar-refractivity contribution in [1.29, 1.82) is 0 Å². The van der Waals surface area contributed by atoms with Gasteiger partial charge in [0.1, 0.15) is 13.2 Å². The van der Waals surface area contributed by atoms with Crippen LogP contribution in [0.2, 0.25) is 0 Å². The zero-order valence-corrected chi connectivity index (χ0v) is 40.2. The Hall–Kier alpha value is -1.59. The molecule has 0 amide bonds. The van der Waals surface area contributed by atoms with Gasteiger partial charge in [-0.05, 0) is 25.2 Å². The van der Waals surface area contributed by atoms with Gasteiger partial charge in [0.15, 0.2) is 6.10 Å². The predicted molar refractivity (Wildman–Crippen MR) is 252 cm³/mol. The Kier molecular flexibility index (Phi) is 46.2. The Labute approximate surface area is 368 Å². The zero-order chi connectivity index (χ0) is 43.1. The summed E-state index contributed by atoms with van der Waals surface area (Å²) in [5, 5.41) is 0. The second kappa shape index (κ2) is 47.5. The highest BCUT2D eigenvalue weighted by molar-refractivity contribution is 5.71. The third kappa shape index (κ3) is 47.3. The Bertz CT molecular complexity index is 887. The summed E-state index contributed by atoms with van der Waals surface area (Å²) in [5.74, 6) is 0.000967. The molecule has 0 saturated carbocycles. The molecule has 0 rings (SSSR count). The van der Waals surface area contributed by atoms with Crippen LogP contribution in [-0.4, -0.2) is 37.2 Å². The molecule has 59 heavy (non-hydrogen) atoms. The van der Waals surface area contributed by atoms with E-state index in [1.54, 1.807) is 0 Å². The van der Waals surface area contributed by atoms with Crippen molar-refractivity contribution >= 4 is 17.9 Å². The minimum atomic E-state index is -0.760. The molecule has 350 valence electrons. The van der Waals surface area contributed by atoms with Gasteiger partial charge in [0.05, 0.1) is 0 Å². The van der Waals surface area contributed by atoms with Gasteiger partial charge in [0.25, 0.3) is 0 Å². The quantitative estimate of drug-likeness (QED) is 0.0345. The van der Waals surface area contributed by atoms with Crippen molar-refractivity contribution in [2.75, 3.05) is 13.2 Å². The maximum Gasteiger partial charge on any atom is 0.306 e. The largest absolute Gasteiger partial charge is 0.462 e. The first-order chi connectivity index (χ1) is 28.9. The molecule has 6 nitrogen and oxygen atoms in total. The fourth-order valence-corrected chi connectivity index (χ4v) is 8.04. The van der Waals surface area contributed by atoms with Crippen LogP contribution in [0.5, 0.6) is 0 Å². The molecule has 0 aliphatic rings. The number of hydrogen-bond donors (Lipinski definition) is 0. The molecule has 0 N–H and O–H groups in total. The van der Waals surface area contributed by atoms with E-state index in [4.69, 9.17) is 14.2 Å². The average Bonchev–Trinajstić information content (AvgIpc) is 3.22. The van der Waals surface area contributed by atoms with E-state index in [9.17, 15) is 14.4 Å². The van der Waals surface area contributed by atoms with E-state index in [-0.39, 0.29) is 31.1 Å². The molecule has 0 fully saturated rings. The summed E-state index contributed by atoms with van der Waals surface area (Å²) in [5.41, 5.74) is 0. The third-order valence-corrected chi connectivity index (χ3v) is 12.0. The summed E-state index contributed by atoms with van der Waals surface area (Å²) in [4.78, 5) is 37.9. The van der Waals surface area contributed by atoms with Crippen LogP contribution in [0.4, 0.5) is 0 Å². The van der Waals surface area contributed by atoms with E-state index < -0.39 is 6.10 Å². The van der Waals surface area contributed by atoms with Crippen LogP contribution in [0, 0.1) is 5.92 Å². The average molecular weight is 835 g/mol. The van der Waals surface area contributed by atoms with Crippen LogP contribution >= 0.6 is 0 Å². The summed E-state index contributed by atoms with van der Waals surface area (Å²) in [6, 6.07) is 0. The van der Waals surface area contributed by atoms with Gasteiger partial charge in [-0.15, -0.1) is 0 Å². The lowest BCUT2D eigenvalue weighted by molar-refractivity contribution is -0.167. The predicted octanol–water partition coefficient (Wildman–Crippen LogP) is 17.1. The van der Waals surface area contributed by atoms with Gasteiger partial charge in [-0.1, -0.05) is 259 Å². The number of carbonyl (C=O) groups is 3. The van der Waals surface area contributed by atoms with Gasteiger partial charge in [0.2, 0.25) is 0 Å². The summed E-state index contributed by atoms with van der Waals surface area (Å²) in [6.45, 7) is 9.03. The maximum atomic E-state index is 12.7. The smallest absolute Gasteiger partial charge is 0.306 e. The van der Waals surface area contributed by atoms with E-state index in [1.807, 2.05) is 0 Å². The minimum absolute atomic E-state index is 0.0626. The lowest BCUT2D eigenvalue weighted by Gasteiger charge is -2.18. The van der Waals surface area contributed by atoms with Crippen molar-refractivity contribution in [2.24, 2.45) is 5.92 Å². The van der Waals surface area contributed by atoms with Crippen LogP contribution in [0.3, 0.4) is 0 Å². The molecule has 0 spiro atoms. The third-order valence-electron chi connectivity index (χ3n) is 12.0. The van der Waals surface area contributed by atoms with E-state index in [0.717, 1.165) is 63.7 Å². The van der Waals surface area contributed by atoms with Gasteiger partial charge in [-0.3, -0.25) is 14.4 Å². The van der Waals surface area contributed by atoms with Crippen molar-refractivity contribution < 1.29 is 28.6 Å². The van der Waals surface area contributed by atoms with E-state index in [1.165, 1.54) is 193 Å². The Morgan fingerprint density at radius 1 is 0.322 bits per heavy atom. The fourth-order valence-electron chi connectivity index (χ4n) is 8.04. The van der Waals surface area contributed by atoms with E-state index in [0.29, 0.717) is 19.3 Å². The molecule has 0 aromatic rings. The molecule has 0 saturated heterocycles. The van der Waals surface area contributed by atoms with Gasteiger partial charge in [-0.2, -0.15) is 0 Å². The van der Waals surface area contributed by atoms with E-state index >= 15 is 0 Å². The van der Waals surface area contributed by atoms with Crippen molar-refractivity contribution in [3.8, 4) is 0 Å². The lowest BCUT2D eigenvalue weighted by Crippen LogP contribution is -2.30. The Balaban J connectivity index is 4.25. The van der Waals surface area contributed by atoms with Gasteiger partial charge >= 0.3 is 17.9 Å². The van der Waals surface area contributed by atoms with Gasteiger partial charge in [0, 0.05) is 19.3 Å².